The highest BCUT2D eigenvalue weighted by molar-refractivity contribution is 7.86. The van der Waals surface area contributed by atoms with Gasteiger partial charge in [0.2, 0.25) is 5.36 Å². The maximum absolute atomic E-state index is 14.3. The van der Waals surface area contributed by atoms with E-state index in [2.05, 4.69) is 27.6 Å². The van der Waals surface area contributed by atoms with Crippen LogP contribution in [0.3, 0.4) is 0 Å². The molecule has 1 unspecified atom stereocenters. The maximum atomic E-state index is 14.3. The normalized spacial score (nSPS) is 18.0. The average Bonchev–Trinajstić information content (AvgIpc) is 3.08. The van der Waals surface area contributed by atoms with E-state index in [1.54, 1.807) is 6.07 Å². The molecule has 0 spiro atoms. The van der Waals surface area contributed by atoms with Gasteiger partial charge in [-0.1, -0.05) is 6.07 Å². The number of piperidine rings is 1. The maximum Gasteiger partial charge on any atom is 0.306 e. The van der Waals surface area contributed by atoms with Gasteiger partial charge in [-0.3, -0.25) is 18.7 Å². The number of carbonyl (C=O) groups excluding carboxylic acids is 1. The number of carbonyl (C=O) groups is 2. The first kappa shape index (κ1) is 38.6. The molecule has 1 atom stereocenters. The van der Waals surface area contributed by atoms with Crippen LogP contribution in [0.5, 0.6) is 0 Å². The number of aryl methyl sites for hydroxylation is 2. The number of fused-ring (bicyclic) bond motifs is 2. The second kappa shape index (κ2) is 15.3. The summed E-state index contributed by atoms with van der Waals surface area (Å²) in [5.41, 5.74) is 3.97. The molecule has 2 aromatic rings. The van der Waals surface area contributed by atoms with E-state index in [1.165, 1.54) is 17.0 Å². The molecule has 4 aliphatic rings. The van der Waals surface area contributed by atoms with Gasteiger partial charge in [0.05, 0.1) is 29.1 Å². The predicted molar refractivity (Wildman–Crippen MR) is 194 cm³/mol. The molecule has 53 heavy (non-hydrogen) atoms. The number of carboxylic acid groups (broad SMARTS) is 1. The van der Waals surface area contributed by atoms with Crippen molar-refractivity contribution in [1.82, 2.24) is 9.48 Å². The molecule has 0 saturated carbocycles. The van der Waals surface area contributed by atoms with Crippen LogP contribution >= 0.6 is 12.9 Å². The summed E-state index contributed by atoms with van der Waals surface area (Å²) in [6.45, 7) is 4.82. The van der Waals surface area contributed by atoms with Crippen molar-refractivity contribution in [2.24, 2.45) is 5.92 Å². The molecule has 1 amide bonds. The molecule has 0 aromatic heterocycles. The minimum Gasteiger partial charge on any atom is -0.481 e. The van der Waals surface area contributed by atoms with Gasteiger partial charge in [0.1, 0.15) is 11.3 Å². The number of hydrogen-bond acceptors (Lipinski definition) is 12. The van der Waals surface area contributed by atoms with Crippen LogP contribution in [0.15, 0.2) is 51.8 Å². The SMILES string of the molecule is Cc1cc2c(-c3ccc(S(=O)(=O)O)cc3C(=O)N3CCC(C(=O)O)CC3)c3cc(C)c(=[N+]4CCC4OOOS)cc-3oc2cc1NCCCS(=O)(=O)O. The third-order valence-electron chi connectivity index (χ3n) is 9.65. The Morgan fingerprint density at radius 1 is 1.00 bits per heavy atom. The fraction of sp³-hybridized carbons (Fsp3) is 0.382. The number of rotatable bonds is 12. The zero-order chi connectivity index (χ0) is 38.2. The summed E-state index contributed by atoms with van der Waals surface area (Å²) in [4.78, 5) is 32.2. The van der Waals surface area contributed by atoms with Crippen molar-refractivity contribution in [2.45, 2.75) is 50.7 Å². The van der Waals surface area contributed by atoms with Crippen LogP contribution in [0.1, 0.15) is 47.2 Å². The number of carboxylic acids is 1. The van der Waals surface area contributed by atoms with Crippen LogP contribution in [0.25, 0.3) is 33.4 Å². The van der Waals surface area contributed by atoms with Crippen LogP contribution < -0.4 is 15.2 Å². The van der Waals surface area contributed by atoms with E-state index < -0.39 is 54.9 Å². The Balaban J connectivity index is 1.57. The number of likely N-dealkylation sites (tertiary alicyclic amines) is 1. The fourth-order valence-corrected chi connectivity index (χ4v) is 7.89. The van der Waals surface area contributed by atoms with E-state index in [1.807, 2.05) is 36.6 Å². The van der Waals surface area contributed by atoms with Crippen molar-refractivity contribution in [3.05, 3.63) is 64.5 Å². The summed E-state index contributed by atoms with van der Waals surface area (Å²) in [7, 11) is -8.87. The molecule has 2 saturated heterocycles. The van der Waals surface area contributed by atoms with Crippen molar-refractivity contribution in [3.63, 3.8) is 0 Å². The molecule has 1 aliphatic carbocycles. The van der Waals surface area contributed by atoms with Crippen molar-refractivity contribution in [1.29, 1.82) is 0 Å². The van der Waals surface area contributed by atoms with Gasteiger partial charge in [-0.05, 0) is 73.5 Å². The molecule has 2 aromatic carbocycles. The molecule has 19 heteroatoms. The lowest BCUT2D eigenvalue weighted by atomic mass is 9.88. The Morgan fingerprint density at radius 3 is 2.36 bits per heavy atom. The monoisotopic (exact) mass is 792 g/mol. The van der Waals surface area contributed by atoms with E-state index in [9.17, 15) is 36.1 Å². The van der Waals surface area contributed by atoms with E-state index in [0.29, 0.717) is 52.1 Å². The number of nitrogens with zero attached hydrogens (tertiary/aromatic N) is 2. The first-order chi connectivity index (χ1) is 25.1. The molecule has 16 nitrogen and oxygen atoms in total. The Labute approximate surface area is 310 Å². The molecule has 4 N–H and O–H groups in total. The minimum atomic E-state index is -4.73. The third kappa shape index (κ3) is 8.36. The Hall–Kier alpha value is -4.08. The summed E-state index contributed by atoms with van der Waals surface area (Å²) in [5.74, 6) is -2.13. The number of anilines is 1. The van der Waals surface area contributed by atoms with Gasteiger partial charge < -0.3 is 19.7 Å². The van der Waals surface area contributed by atoms with Crippen LogP contribution in [-0.2, 0) is 39.3 Å². The zero-order valence-electron chi connectivity index (χ0n) is 28.6. The number of nitrogens with one attached hydrogen (secondary N) is 1. The smallest absolute Gasteiger partial charge is 0.306 e. The van der Waals surface area contributed by atoms with Crippen LogP contribution in [0.2, 0.25) is 0 Å². The van der Waals surface area contributed by atoms with Gasteiger partial charge >= 0.3 is 5.97 Å². The Bertz CT molecular complexity index is 2350. The second-order valence-electron chi connectivity index (χ2n) is 13.1. The first-order valence-corrected chi connectivity index (χ1v) is 20.0. The van der Waals surface area contributed by atoms with Crippen molar-refractivity contribution < 1.29 is 59.3 Å². The quantitative estimate of drug-likeness (QED) is 0.0201. The number of thiol groups is 1. The molecule has 2 fully saturated rings. The minimum absolute atomic E-state index is 0.0189. The average molecular weight is 793 g/mol. The van der Waals surface area contributed by atoms with Crippen molar-refractivity contribution in [2.75, 3.05) is 37.2 Å². The predicted octanol–water partition coefficient (Wildman–Crippen LogP) is 3.92. The molecule has 3 aliphatic heterocycles. The molecule has 284 valence electrons. The highest BCUT2D eigenvalue weighted by Gasteiger charge is 2.37. The molecule has 0 bridgehead atoms. The van der Waals surface area contributed by atoms with Gasteiger partial charge in [0.15, 0.2) is 6.54 Å². The first-order valence-electron chi connectivity index (χ1n) is 16.6. The molecule has 3 heterocycles. The van der Waals surface area contributed by atoms with Gasteiger partial charge in [-0.15, -0.1) is 9.22 Å². The third-order valence-corrected chi connectivity index (χ3v) is 11.4. The summed E-state index contributed by atoms with van der Waals surface area (Å²) in [6, 6.07) is 11.1. The highest BCUT2D eigenvalue weighted by Crippen LogP contribution is 2.44. The standard InChI is InChI=1S/C34H37N3O13S3/c1-19-14-25-29(17-27(19)35-9-3-13-52(41,42)43)47-30-18-28(37-12-8-31(37)48-49-50-51)20(2)15-26(30)32(25)23-5-4-22(53(44,45)46)16-24(23)33(38)36-10-6-21(7-11-36)34(39)40/h4-5,14-18,21,31H,3,6-13H2,1-2H3,(H4,39,40,41,42,43,44,45,46,51)/p+1. The van der Waals surface area contributed by atoms with Crippen molar-refractivity contribution in [3.8, 4) is 22.5 Å². The number of amides is 1. The molecule has 0 radical (unpaired) electrons. The van der Waals surface area contributed by atoms with E-state index >= 15 is 0 Å². The van der Waals surface area contributed by atoms with Gasteiger partial charge in [0, 0.05) is 71.9 Å². The topological polar surface area (TPSA) is 222 Å². The number of hydrogen-bond donors (Lipinski definition) is 5. The van der Waals surface area contributed by atoms with Crippen LogP contribution in [0.4, 0.5) is 5.69 Å². The lowest BCUT2D eigenvalue weighted by Gasteiger charge is -2.31. The Morgan fingerprint density at radius 2 is 1.74 bits per heavy atom. The van der Waals surface area contributed by atoms with Crippen LogP contribution in [0, 0.1) is 19.8 Å². The summed E-state index contributed by atoms with van der Waals surface area (Å²) in [6.07, 6.45) is 0.725. The number of benzene rings is 3. The van der Waals surface area contributed by atoms with Gasteiger partial charge in [-0.2, -0.15) is 21.4 Å². The van der Waals surface area contributed by atoms with E-state index in [0.717, 1.165) is 22.6 Å². The summed E-state index contributed by atoms with van der Waals surface area (Å²) >= 11 is 3.55. The number of aliphatic carboxylic acids is 1. The summed E-state index contributed by atoms with van der Waals surface area (Å²) in [5, 5.41) is 18.6. The largest absolute Gasteiger partial charge is 0.481 e. The molecular weight excluding hydrogens is 755 g/mol. The fourth-order valence-electron chi connectivity index (χ4n) is 6.84. The summed E-state index contributed by atoms with van der Waals surface area (Å²) < 4.78 is 79.1. The van der Waals surface area contributed by atoms with E-state index in [4.69, 9.17) is 13.9 Å². The lowest BCUT2D eigenvalue weighted by Crippen LogP contribution is -2.52. The highest BCUT2D eigenvalue weighted by atomic mass is 32.2. The molecular formula is C34H38N3O13S3+. The van der Waals surface area contributed by atoms with Crippen LogP contribution in [-0.4, -0.2) is 86.0 Å². The second-order valence-corrected chi connectivity index (χ2v) is 16.2. The van der Waals surface area contributed by atoms with Crippen molar-refractivity contribution >= 4 is 61.7 Å². The zero-order valence-corrected chi connectivity index (χ0v) is 31.2. The van der Waals surface area contributed by atoms with Gasteiger partial charge in [0.25, 0.3) is 32.4 Å². The van der Waals surface area contributed by atoms with E-state index in [-0.39, 0.29) is 44.5 Å². The van der Waals surface area contributed by atoms with Gasteiger partial charge in [-0.25, -0.2) is 0 Å². The Kier molecular flexibility index (Phi) is 11.2. The lowest BCUT2D eigenvalue weighted by molar-refractivity contribution is -0.488. The molecule has 6 rings (SSSR count).